The molecular weight excluding hydrogens is 648 g/mol. The molecule has 0 unspecified atom stereocenters. The summed E-state index contributed by atoms with van der Waals surface area (Å²) in [6.07, 6.45) is 25.9. The van der Waals surface area contributed by atoms with Crippen molar-refractivity contribution in [3.8, 4) is 11.5 Å². The monoisotopic (exact) mass is 719 g/mol. The molecule has 0 aliphatic heterocycles. The van der Waals surface area contributed by atoms with Gasteiger partial charge in [-0.3, -0.25) is 0 Å². The Morgan fingerprint density at radius 1 is 0.451 bits per heavy atom. The van der Waals surface area contributed by atoms with Gasteiger partial charge in [0, 0.05) is 0 Å². The number of hydrogen-bond donors (Lipinski definition) is 0. The third-order valence-corrected chi connectivity index (χ3v) is 11.5. The summed E-state index contributed by atoms with van der Waals surface area (Å²) in [5, 5.41) is 0. The number of benzene rings is 2. The molecule has 2 nitrogen and oxygen atoms in total. The van der Waals surface area contributed by atoms with Gasteiger partial charge >= 0.3 is 0 Å². The molecule has 0 amide bonds. The highest BCUT2D eigenvalue weighted by Gasteiger charge is 2.27. The first-order chi connectivity index (χ1) is 24.8. The average molecular weight is 719 g/mol. The lowest BCUT2D eigenvalue weighted by molar-refractivity contribution is 0.280. The van der Waals surface area contributed by atoms with E-state index in [9.17, 15) is 17.6 Å². The van der Waals surface area contributed by atoms with E-state index in [2.05, 4.69) is 27.7 Å². The summed E-state index contributed by atoms with van der Waals surface area (Å²) in [5.41, 5.74) is 1.09. The minimum atomic E-state index is -0.805. The molecule has 0 heterocycles. The second-order valence-corrected chi connectivity index (χ2v) is 15.4. The van der Waals surface area contributed by atoms with Gasteiger partial charge in [0.25, 0.3) is 0 Å². The van der Waals surface area contributed by atoms with Crippen molar-refractivity contribution in [2.24, 2.45) is 11.8 Å². The van der Waals surface area contributed by atoms with E-state index < -0.39 is 23.3 Å². The number of halogens is 4. The van der Waals surface area contributed by atoms with Crippen LogP contribution in [0.25, 0.3) is 0 Å². The minimum Gasteiger partial charge on any atom is -0.490 e. The van der Waals surface area contributed by atoms with Gasteiger partial charge in [0.05, 0.1) is 13.2 Å². The molecule has 0 saturated heterocycles. The van der Waals surface area contributed by atoms with Gasteiger partial charge in [0.2, 0.25) is 11.6 Å². The van der Waals surface area contributed by atoms with Gasteiger partial charge in [-0.15, -0.1) is 0 Å². The summed E-state index contributed by atoms with van der Waals surface area (Å²) < 4.78 is 68.7. The Morgan fingerprint density at radius 2 is 0.843 bits per heavy atom. The zero-order chi connectivity index (χ0) is 36.8. The molecule has 51 heavy (non-hydrogen) atoms. The van der Waals surface area contributed by atoms with Gasteiger partial charge in [-0.2, -0.15) is 8.78 Å². The molecule has 2 aromatic carbocycles. The first kappa shape index (κ1) is 43.2. The fraction of sp³-hybridized carbons (Fsp3) is 0.733. The van der Waals surface area contributed by atoms with Crippen LogP contribution in [0.1, 0.15) is 198 Å². The van der Waals surface area contributed by atoms with E-state index in [1.54, 1.807) is 24.3 Å². The lowest BCUT2D eigenvalue weighted by Crippen LogP contribution is -2.15. The molecule has 4 rings (SSSR count). The number of hydrogen-bond acceptors (Lipinski definition) is 2. The van der Waals surface area contributed by atoms with Gasteiger partial charge in [0.15, 0.2) is 23.1 Å². The number of unbranched alkanes of at least 4 members (excludes halogenated alkanes) is 10. The zero-order valence-electron chi connectivity index (χ0n) is 32.6. The first-order valence-electron chi connectivity index (χ1n) is 21.1. The van der Waals surface area contributed by atoms with Crippen LogP contribution in [0, 0.1) is 35.1 Å². The number of rotatable bonds is 21. The molecule has 0 N–H and O–H groups in total. The van der Waals surface area contributed by atoms with Gasteiger partial charge in [-0.05, 0) is 111 Å². The topological polar surface area (TPSA) is 18.5 Å². The van der Waals surface area contributed by atoms with Crippen molar-refractivity contribution < 1.29 is 27.0 Å². The molecule has 2 aliphatic carbocycles. The molecule has 0 aromatic heterocycles. The molecular formula is C45H70F4O2. The molecule has 2 aliphatic rings. The normalized spacial score (nSPS) is 20.5. The van der Waals surface area contributed by atoms with Gasteiger partial charge in [-0.1, -0.05) is 123 Å². The molecule has 0 bridgehead atoms. The molecule has 0 spiro atoms. The van der Waals surface area contributed by atoms with Crippen molar-refractivity contribution in [2.45, 2.75) is 187 Å². The summed E-state index contributed by atoms with van der Waals surface area (Å²) >= 11 is 0. The van der Waals surface area contributed by atoms with E-state index >= 15 is 0 Å². The van der Waals surface area contributed by atoms with E-state index in [0.29, 0.717) is 24.3 Å². The lowest BCUT2D eigenvalue weighted by Gasteiger charge is -2.29. The summed E-state index contributed by atoms with van der Waals surface area (Å²) in [6.45, 7) is 9.74. The largest absolute Gasteiger partial charge is 0.490 e. The van der Waals surface area contributed by atoms with Crippen LogP contribution < -0.4 is 9.47 Å². The van der Waals surface area contributed by atoms with Crippen LogP contribution in [0.5, 0.6) is 11.5 Å². The molecule has 6 heteroatoms. The molecule has 2 saturated carbocycles. The van der Waals surface area contributed by atoms with E-state index in [-0.39, 0.29) is 23.3 Å². The third kappa shape index (κ3) is 14.6. The maximum Gasteiger partial charge on any atom is 0.200 e. The first-order valence-corrected chi connectivity index (χ1v) is 21.1. The standard InChI is InChI=1S/C23H36F2O.C22H34F2O/c1-3-5-6-7-8-9-17-26-21-16-15-20(22(24)23(21)25)19-13-11-18(10-4-2)12-14-19;1-3-5-6-7-8-9-16-25-20-15-14-19(21(23)22(20)24)18-12-10-17(4-2)11-13-18/h15-16,18-19H,3-14,17H2,1-2H3;14-15,17-18H,3-13,16H2,1-2H3/t18-,19-;17-,18-. The van der Waals surface area contributed by atoms with Crippen LogP contribution in [0.4, 0.5) is 17.6 Å². The molecule has 0 radical (unpaired) electrons. The van der Waals surface area contributed by atoms with Crippen LogP contribution in [-0.2, 0) is 0 Å². The predicted molar refractivity (Wildman–Crippen MR) is 205 cm³/mol. The highest BCUT2D eigenvalue weighted by Crippen LogP contribution is 2.41. The highest BCUT2D eigenvalue weighted by atomic mass is 19.2. The molecule has 290 valence electrons. The smallest absolute Gasteiger partial charge is 0.200 e. The maximum atomic E-state index is 14.6. The van der Waals surface area contributed by atoms with Crippen molar-refractivity contribution >= 4 is 0 Å². The van der Waals surface area contributed by atoms with Crippen LogP contribution in [0.2, 0.25) is 0 Å². The Balaban J connectivity index is 0.000000276. The minimum absolute atomic E-state index is 0.0667. The number of ether oxygens (including phenoxy) is 2. The maximum absolute atomic E-state index is 14.6. The van der Waals surface area contributed by atoms with Crippen LogP contribution in [0.3, 0.4) is 0 Å². The summed E-state index contributed by atoms with van der Waals surface area (Å²) in [6, 6.07) is 6.74. The van der Waals surface area contributed by atoms with Crippen molar-refractivity contribution in [3.63, 3.8) is 0 Å². The van der Waals surface area contributed by atoms with Gasteiger partial charge in [0.1, 0.15) is 0 Å². The molecule has 2 aromatic rings. The molecule has 2 fully saturated rings. The Kier molecular flexibility index (Phi) is 21.1. The zero-order valence-corrected chi connectivity index (χ0v) is 32.6. The highest BCUT2D eigenvalue weighted by molar-refractivity contribution is 5.34. The van der Waals surface area contributed by atoms with Crippen molar-refractivity contribution in [1.82, 2.24) is 0 Å². The molecule has 0 atom stereocenters. The Hall–Kier alpha value is -2.24. The summed E-state index contributed by atoms with van der Waals surface area (Å²) in [4.78, 5) is 0. The summed E-state index contributed by atoms with van der Waals surface area (Å²) in [7, 11) is 0. The van der Waals surface area contributed by atoms with Crippen molar-refractivity contribution in [3.05, 3.63) is 58.7 Å². The Morgan fingerprint density at radius 3 is 1.24 bits per heavy atom. The fourth-order valence-electron chi connectivity index (χ4n) is 8.13. The van der Waals surface area contributed by atoms with E-state index in [1.165, 1.54) is 70.6 Å². The second kappa shape index (κ2) is 24.9. The van der Waals surface area contributed by atoms with E-state index in [1.807, 2.05) is 0 Å². The SMILES string of the molecule is CCCCCCCCOc1ccc([C@H]2CC[C@H](CC)CC2)c(F)c1F.CCCCCCCCOc1ccc([C@H]2CC[C@H](CCC)CC2)c(F)c1F. The average Bonchev–Trinajstić information content (AvgIpc) is 3.15. The quantitative estimate of drug-likeness (QED) is 0.0945. The predicted octanol–water partition coefficient (Wildman–Crippen LogP) is 15.2. The van der Waals surface area contributed by atoms with Crippen LogP contribution in [0.15, 0.2) is 24.3 Å². The summed E-state index contributed by atoms with van der Waals surface area (Å²) in [5.74, 6) is -1.02. The van der Waals surface area contributed by atoms with Gasteiger partial charge in [-0.25, -0.2) is 8.78 Å². The Bertz CT molecular complexity index is 1220. The van der Waals surface area contributed by atoms with Gasteiger partial charge < -0.3 is 9.47 Å². The fourth-order valence-corrected chi connectivity index (χ4v) is 8.13. The second-order valence-electron chi connectivity index (χ2n) is 15.4. The lowest BCUT2D eigenvalue weighted by atomic mass is 9.77. The Labute approximate surface area is 308 Å². The van der Waals surface area contributed by atoms with Crippen molar-refractivity contribution in [1.29, 1.82) is 0 Å². The van der Waals surface area contributed by atoms with Crippen LogP contribution in [-0.4, -0.2) is 13.2 Å². The van der Waals surface area contributed by atoms with Crippen molar-refractivity contribution in [2.75, 3.05) is 13.2 Å². The third-order valence-electron chi connectivity index (χ3n) is 11.5. The van der Waals surface area contributed by atoms with E-state index in [4.69, 9.17) is 9.47 Å². The van der Waals surface area contributed by atoms with E-state index in [0.717, 1.165) is 88.9 Å². The van der Waals surface area contributed by atoms with Crippen LogP contribution >= 0.6 is 0 Å².